The molecule has 4 heteroatoms. The van der Waals surface area contributed by atoms with Crippen LogP contribution in [-0.2, 0) is 7.05 Å². The van der Waals surface area contributed by atoms with Crippen LogP contribution in [0.5, 0.6) is 0 Å². The second kappa shape index (κ2) is 5.65. The molecule has 0 amide bonds. The van der Waals surface area contributed by atoms with E-state index < -0.39 is 0 Å². The summed E-state index contributed by atoms with van der Waals surface area (Å²) in [5, 5.41) is 7.84. The number of hydrogen-bond acceptors (Lipinski definition) is 3. The zero-order chi connectivity index (χ0) is 12.3. The van der Waals surface area contributed by atoms with Crippen molar-refractivity contribution >= 4 is 0 Å². The van der Waals surface area contributed by atoms with E-state index in [4.69, 9.17) is 5.73 Å². The minimum Gasteiger partial charge on any atom is -0.329 e. The van der Waals surface area contributed by atoms with Crippen LogP contribution in [0.25, 0.3) is 0 Å². The highest BCUT2D eigenvalue weighted by molar-refractivity contribution is 5.20. The molecule has 4 nitrogen and oxygen atoms in total. The number of nitrogens with zero attached hydrogens (tertiary/aromatic N) is 2. The van der Waals surface area contributed by atoms with Gasteiger partial charge in [-0.2, -0.15) is 5.10 Å². The monoisotopic (exact) mass is 236 g/mol. The molecule has 0 spiro atoms. The zero-order valence-corrected chi connectivity index (χ0v) is 10.9. The van der Waals surface area contributed by atoms with Gasteiger partial charge >= 0.3 is 0 Å². The fourth-order valence-corrected chi connectivity index (χ4v) is 2.42. The third-order valence-corrected chi connectivity index (χ3v) is 4.05. The number of rotatable bonds is 6. The molecule has 0 bridgehead atoms. The van der Waals surface area contributed by atoms with Crippen molar-refractivity contribution in [3.8, 4) is 0 Å². The Labute approximate surface area is 104 Å². The first-order chi connectivity index (χ1) is 8.22. The summed E-state index contributed by atoms with van der Waals surface area (Å²) < 4.78 is 1.91. The molecule has 1 aliphatic rings. The van der Waals surface area contributed by atoms with Gasteiger partial charge in [-0.1, -0.05) is 19.3 Å². The van der Waals surface area contributed by atoms with E-state index in [0.717, 1.165) is 12.5 Å². The first-order valence-corrected chi connectivity index (χ1v) is 6.64. The molecule has 1 saturated carbocycles. The average molecular weight is 236 g/mol. The molecule has 1 fully saturated rings. The first kappa shape index (κ1) is 12.6. The van der Waals surface area contributed by atoms with Crippen molar-refractivity contribution in [1.29, 1.82) is 0 Å². The minimum absolute atomic E-state index is 0.253. The van der Waals surface area contributed by atoms with Crippen LogP contribution in [0.1, 0.15) is 43.0 Å². The smallest absolute Gasteiger partial charge is 0.0540 e. The van der Waals surface area contributed by atoms with Crippen molar-refractivity contribution in [1.82, 2.24) is 15.1 Å². The Morgan fingerprint density at radius 1 is 1.59 bits per heavy atom. The standard InChI is InChI=1S/C13H24N4/c1-10-12(9-16-17(10)2)13(8-14)15-7-6-11-4-3-5-11/h9,11,13,15H,3-8,14H2,1-2H3. The van der Waals surface area contributed by atoms with E-state index in [2.05, 4.69) is 17.3 Å². The maximum absolute atomic E-state index is 5.85. The molecule has 1 atom stereocenters. The molecular weight excluding hydrogens is 212 g/mol. The van der Waals surface area contributed by atoms with Crippen LogP contribution in [-0.4, -0.2) is 22.9 Å². The summed E-state index contributed by atoms with van der Waals surface area (Å²) in [7, 11) is 1.97. The van der Waals surface area contributed by atoms with Gasteiger partial charge < -0.3 is 11.1 Å². The van der Waals surface area contributed by atoms with E-state index in [1.807, 2.05) is 17.9 Å². The molecule has 3 N–H and O–H groups in total. The van der Waals surface area contributed by atoms with Crippen LogP contribution in [0, 0.1) is 12.8 Å². The van der Waals surface area contributed by atoms with Gasteiger partial charge in [0.05, 0.1) is 6.20 Å². The van der Waals surface area contributed by atoms with Crippen LogP contribution in [0.15, 0.2) is 6.20 Å². The lowest BCUT2D eigenvalue weighted by molar-refractivity contribution is 0.288. The second-order valence-electron chi connectivity index (χ2n) is 5.14. The van der Waals surface area contributed by atoms with Crippen molar-refractivity contribution in [2.75, 3.05) is 13.1 Å². The van der Waals surface area contributed by atoms with E-state index in [-0.39, 0.29) is 6.04 Å². The number of hydrogen-bond donors (Lipinski definition) is 2. The van der Waals surface area contributed by atoms with Crippen LogP contribution in [0.2, 0.25) is 0 Å². The molecule has 1 unspecified atom stereocenters. The molecule has 2 rings (SSSR count). The van der Waals surface area contributed by atoms with Crippen LogP contribution in [0.3, 0.4) is 0 Å². The number of aryl methyl sites for hydroxylation is 1. The Bertz CT molecular complexity index is 354. The van der Waals surface area contributed by atoms with Crippen molar-refractivity contribution in [2.45, 2.75) is 38.6 Å². The predicted octanol–water partition coefficient (Wildman–Crippen LogP) is 1.51. The normalized spacial score (nSPS) is 18.1. The van der Waals surface area contributed by atoms with Gasteiger partial charge in [-0.3, -0.25) is 4.68 Å². The zero-order valence-electron chi connectivity index (χ0n) is 10.9. The van der Waals surface area contributed by atoms with Crippen molar-refractivity contribution in [2.24, 2.45) is 18.7 Å². The fourth-order valence-electron chi connectivity index (χ4n) is 2.42. The van der Waals surface area contributed by atoms with Gasteiger partial charge in [0.2, 0.25) is 0 Å². The minimum atomic E-state index is 0.253. The summed E-state index contributed by atoms with van der Waals surface area (Å²) in [6.07, 6.45) is 7.48. The summed E-state index contributed by atoms with van der Waals surface area (Å²) in [6, 6.07) is 0.253. The van der Waals surface area contributed by atoms with Crippen LogP contribution >= 0.6 is 0 Å². The topological polar surface area (TPSA) is 55.9 Å². The second-order valence-corrected chi connectivity index (χ2v) is 5.14. The summed E-state index contributed by atoms with van der Waals surface area (Å²) in [5.74, 6) is 0.955. The highest BCUT2D eigenvalue weighted by Crippen LogP contribution is 2.29. The Balaban J connectivity index is 1.85. The highest BCUT2D eigenvalue weighted by Gasteiger charge is 2.18. The average Bonchev–Trinajstić information content (AvgIpc) is 2.58. The summed E-state index contributed by atoms with van der Waals surface area (Å²) >= 11 is 0. The van der Waals surface area contributed by atoms with E-state index in [1.165, 1.54) is 36.9 Å². The van der Waals surface area contributed by atoms with Gasteiger partial charge in [-0.05, 0) is 25.8 Å². The van der Waals surface area contributed by atoms with Gasteiger partial charge in [-0.15, -0.1) is 0 Å². The summed E-state index contributed by atoms with van der Waals surface area (Å²) in [5.41, 5.74) is 8.29. The van der Waals surface area contributed by atoms with Crippen molar-refractivity contribution < 1.29 is 0 Å². The predicted molar refractivity (Wildman–Crippen MR) is 69.7 cm³/mol. The van der Waals surface area contributed by atoms with Crippen LogP contribution < -0.4 is 11.1 Å². The molecule has 0 saturated heterocycles. The lowest BCUT2D eigenvalue weighted by atomic mass is 9.83. The molecule has 0 radical (unpaired) electrons. The third kappa shape index (κ3) is 2.87. The lowest BCUT2D eigenvalue weighted by Crippen LogP contribution is -2.31. The molecule has 1 aliphatic carbocycles. The van der Waals surface area contributed by atoms with Crippen molar-refractivity contribution in [3.05, 3.63) is 17.5 Å². The molecule has 1 heterocycles. The van der Waals surface area contributed by atoms with E-state index >= 15 is 0 Å². The van der Waals surface area contributed by atoms with Gasteiger partial charge in [0.15, 0.2) is 0 Å². The maximum atomic E-state index is 5.85. The molecule has 1 aromatic rings. The Morgan fingerprint density at radius 3 is 2.82 bits per heavy atom. The molecule has 0 aliphatic heterocycles. The number of nitrogens with one attached hydrogen (secondary N) is 1. The molecular formula is C13H24N4. The quantitative estimate of drug-likeness (QED) is 0.787. The van der Waals surface area contributed by atoms with Gasteiger partial charge in [0.25, 0.3) is 0 Å². The van der Waals surface area contributed by atoms with Gasteiger partial charge in [0, 0.05) is 30.9 Å². The summed E-state index contributed by atoms with van der Waals surface area (Å²) in [4.78, 5) is 0. The van der Waals surface area contributed by atoms with E-state index in [9.17, 15) is 0 Å². The third-order valence-electron chi connectivity index (χ3n) is 4.05. The van der Waals surface area contributed by atoms with Crippen LogP contribution in [0.4, 0.5) is 0 Å². The Kier molecular flexibility index (Phi) is 4.18. The van der Waals surface area contributed by atoms with Crippen molar-refractivity contribution in [3.63, 3.8) is 0 Å². The molecule has 0 aromatic carbocycles. The SMILES string of the molecule is Cc1c(C(CN)NCCC2CCC2)cnn1C. The fraction of sp³-hybridized carbons (Fsp3) is 0.769. The molecule has 96 valence electrons. The largest absolute Gasteiger partial charge is 0.329 e. The van der Waals surface area contributed by atoms with Gasteiger partial charge in [-0.25, -0.2) is 0 Å². The Morgan fingerprint density at radius 2 is 2.35 bits per heavy atom. The Hall–Kier alpha value is -0.870. The summed E-state index contributed by atoms with van der Waals surface area (Å²) in [6.45, 7) is 3.80. The van der Waals surface area contributed by atoms with E-state index in [1.54, 1.807) is 0 Å². The van der Waals surface area contributed by atoms with E-state index in [0.29, 0.717) is 6.54 Å². The molecule has 17 heavy (non-hydrogen) atoms. The maximum Gasteiger partial charge on any atom is 0.0540 e. The van der Waals surface area contributed by atoms with Gasteiger partial charge in [0.1, 0.15) is 0 Å². The molecule has 1 aromatic heterocycles. The number of nitrogens with two attached hydrogens (primary N) is 1. The lowest BCUT2D eigenvalue weighted by Gasteiger charge is -2.26. The highest BCUT2D eigenvalue weighted by atomic mass is 15.3. The number of aromatic nitrogens is 2. The first-order valence-electron chi connectivity index (χ1n) is 6.64.